The lowest BCUT2D eigenvalue weighted by Crippen LogP contribution is -2.33. The van der Waals surface area contributed by atoms with E-state index in [9.17, 15) is 14.4 Å². The Balaban J connectivity index is 1.64. The molecule has 7 nitrogen and oxygen atoms in total. The molecule has 0 saturated heterocycles. The van der Waals surface area contributed by atoms with Gasteiger partial charge in [0.2, 0.25) is 6.41 Å². The predicted molar refractivity (Wildman–Crippen MR) is 130 cm³/mol. The number of nitrogens with one attached hydrogen (secondary N) is 2. The largest absolute Gasteiger partial charge is 0.383 e. The van der Waals surface area contributed by atoms with Crippen LogP contribution in [0.2, 0.25) is 5.02 Å². The molecular formula is C24H20ClN3O4S. The van der Waals surface area contributed by atoms with Crippen LogP contribution in [0.25, 0.3) is 0 Å². The van der Waals surface area contributed by atoms with E-state index >= 15 is 0 Å². The predicted octanol–water partition coefficient (Wildman–Crippen LogP) is 4.92. The van der Waals surface area contributed by atoms with Crippen molar-refractivity contribution in [2.45, 2.75) is 9.79 Å². The molecule has 0 saturated carbocycles. The fourth-order valence-electron chi connectivity index (χ4n) is 3.45. The summed E-state index contributed by atoms with van der Waals surface area (Å²) < 4.78 is 5.20. The Hall–Kier alpha value is -3.33. The molecule has 4 rings (SSSR count). The van der Waals surface area contributed by atoms with Crippen molar-refractivity contribution < 1.29 is 19.1 Å². The summed E-state index contributed by atoms with van der Waals surface area (Å²) in [4.78, 5) is 40.0. The van der Waals surface area contributed by atoms with E-state index in [-0.39, 0.29) is 16.8 Å². The van der Waals surface area contributed by atoms with Gasteiger partial charge in [0.15, 0.2) is 0 Å². The van der Waals surface area contributed by atoms with E-state index in [1.54, 1.807) is 30.2 Å². The lowest BCUT2D eigenvalue weighted by Gasteiger charge is -2.23. The van der Waals surface area contributed by atoms with Crippen molar-refractivity contribution >= 4 is 58.6 Å². The van der Waals surface area contributed by atoms with Crippen molar-refractivity contribution in [3.63, 3.8) is 0 Å². The van der Waals surface area contributed by atoms with Crippen LogP contribution in [0.3, 0.4) is 0 Å². The Bertz CT molecular complexity index is 1230. The van der Waals surface area contributed by atoms with E-state index in [2.05, 4.69) is 10.6 Å². The maximum Gasteiger partial charge on any atom is 0.259 e. The molecule has 0 aliphatic carbocycles. The molecule has 0 atom stereocenters. The molecule has 0 radical (unpaired) electrons. The zero-order valence-corrected chi connectivity index (χ0v) is 19.2. The van der Waals surface area contributed by atoms with Crippen molar-refractivity contribution in [1.82, 2.24) is 0 Å². The summed E-state index contributed by atoms with van der Waals surface area (Å²) in [5.74, 6) is -0.440. The van der Waals surface area contributed by atoms with Gasteiger partial charge < -0.3 is 20.3 Å². The number of carbonyl (C=O) groups excluding carboxylic acids is 3. The van der Waals surface area contributed by atoms with Gasteiger partial charge in [-0.1, -0.05) is 35.5 Å². The number of fused-ring (bicyclic) bond motifs is 2. The van der Waals surface area contributed by atoms with Gasteiger partial charge in [0.05, 0.1) is 28.6 Å². The van der Waals surface area contributed by atoms with Gasteiger partial charge in [0.25, 0.3) is 11.8 Å². The lowest BCUT2D eigenvalue weighted by molar-refractivity contribution is -0.105. The maximum atomic E-state index is 13.2. The average molecular weight is 482 g/mol. The average Bonchev–Trinajstić information content (AvgIpc) is 2.93. The number of amides is 3. The van der Waals surface area contributed by atoms with Crippen LogP contribution in [0.5, 0.6) is 0 Å². The Morgan fingerprint density at radius 3 is 2.70 bits per heavy atom. The highest BCUT2D eigenvalue weighted by Gasteiger charge is 2.27. The maximum absolute atomic E-state index is 13.2. The molecule has 0 spiro atoms. The summed E-state index contributed by atoms with van der Waals surface area (Å²) in [5, 5.41) is 5.61. The second kappa shape index (κ2) is 10.1. The number of hydrogen-bond donors (Lipinski definition) is 2. The second-order valence-corrected chi connectivity index (χ2v) is 8.63. The number of rotatable bonds is 7. The fraction of sp³-hybridized carbons (Fsp3) is 0.125. The van der Waals surface area contributed by atoms with E-state index < -0.39 is 0 Å². The molecular weight excluding hydrogens is 462 g/mol. The van der Waals surface area contributed by atoms with E-state index in [1.165, 1.54) is 17.8 Å². The zero-order valence-electron chi connectivity index (χ0n) is 17.6. The second-order valence-electron chi connectivity index (χ2n) is 7.14. The van der Waals surface area contributed by atoms with Crippen molar-refractivity contribution in [3.05, 3.63) is 76.8 Å². The van der Waals surface area contributed by atoms with Gasteiger partial charge in [0.1, 0.15) is 0 Å². The number of nitrogens with zero attached hydrogens (tertiary/aromatic N) is 1. The summed E-state index contributed by atoms with van der Waals surface area (Å²) >= 11 is 7.61. The molecule has 0 fully saturated rings. The van der Waals surface area contributed by atoms with Crippen molar-refractivity contribution in [1.29, 1.82) is 0 Å². The molecule has 3 amide bonds. The highest BCUT2D eigenvalue weighted by atomic mass is 35.5. The Morgan fingerprint density at radius 1 is 1.12 bits per heavy atom. The molecule has 33 heavy (non-hydrogen) atoms. The summed E-state index contributed by atoms with van der Waals surface area (Å²) in [7, 11) is 1.60. The van der Waals surface area contributed by atoms with Gasteiger partial charge in [-0.05, 0) is 48.5 Å². The van der Waals surface area contributed by atoms with Gasteiger partial charge >= 0.3 is 0 Å². The minimum Gasteiger partial charge on any atom is -0.383 e. The van der Waals surface area contributed by atoms with E-state index in [0.717, 1.165) is 15.5 Å². The number of hydrogen-bond acceptors (Lipinski definition) is 5. The molecule has 0 unspecified atom stereocenters. The van der Waals surface area contributed by atoms with Crippen molar-refractivity contribution in [3.8, 4) is 0 Å². The zero-order chi connectivity index (χ0) is 23.4. The SMILES string of the molecule is COCCN1C(=O)c2ccccc2Sc2cc(NC(=O)c3ccc(NC=O)c(Cl)c3)ccc21. The van der Waals surface area contributed by atoms with Gasteiger partial charge in [-0.15, -0.1) is 0 Å². The first-order valence-electron chi connectivity index (χ1n) is 10.0. The van der Waals surface area contributed by atoms with Crippen LogP contribution < -0.4 is 15.5 Å². The summed E-state index contributed by atoms with van der Waals surface area (Å²) in [5.41, 5.74) is 2.73. The molecule has 1 aliphatic heterocycles. The Labute approximate surface area is 200 Å². The molecule has 2 N–H and O–H groups in total. The first-order valence-corrected chi connectivity index (χ1v) is 11.2. The third-order valence-electron chi connectivity index (χ3n) is 5.06. The van der Waals surface area contributed by atoms with Crippen LogP contribution in [0, 0.1) is 0 Å². The molecule has 9 heteroatoms. The fourth-order valence-corrected chi connectivity index (χ4v) is 4.80. The highest BCUT2D eigenvalue weighted by Crippen LogP contribution is 2.42. The number of anilines is 3. The van der Waals surface area contributed by atoms with Crippen LogP contribution in [-0.2, 0) is 9.53 Å². The number of benzene rings is 3. The third kappa shape index (κ3) is 4.88. The lowest BCUT2D eigenvalue weighted by atomic mass is 10.1. The van der Waals surface area contributed by atoms with Crippen LogP contribution in [0.1, 0.15) is 20.7 Å². The van der Waals surface area contributed by atoms with Gasteiger partial charge in [-0.3, -0.25) is 14.4 Å². The highest BCUT2D eigenvalue weighted by molar-refractivity contribution is 7.99. The quantitative estimate of drug-likeness (QED) is 0.468. The van der Waals surface area contributed by atoms with Crippen molar-refractivity contribution in [2.24, 2.45) is 0 Å². The Morgan fingerprint density at radius 2 is 1.94 bits per heavy atom. The van der Waals surface area contributed by atoms with Crippen LogP contribution >= 0.6 is 23.4 Å². The molecule has 1 aliphatic rings. The normalized spacial score (nSPS) is 12.4. The molecule has 168 valence electrons. The standard InChI is InChI=1S/C24H20ClN3O4S/c1-32-11-10-28-20-9-7-16(13-22(20)33-21-5-3-2-4-17(21)24(28)31)27-23(30)15-6-8-19(26-14-29)18(25)12-15/h2-9,12-14H,10-11H2,1H3,(H,26,29)(H,27,30). The molecule has 1 heterocycles. The number of methoxy groups -OCH3 is 1. The van der Waals surface area contributed by atoms with Crippen LogP contribution in [-0.4, -0.2) is 38.5 Å². The summed E-state index contributed by atoms with van der Waals surface area (Å²) in [6, 6.07) is 17.5. The third-order valence-corrected chi connectivity index (χ3v) is 6.49. The van der Waals surface area contributed by atoms with Crippen molar-refractivity contribution in [2.75, 3.05) is 35.8 Å². The topological polar surface area (TPSA) is 87.7 Å². The van der Waals surface area contributed by atoms with Gasteiger partial charge in [0, 0.05) is 34.7 Å². The smallest absolute Gasteiger partial charge is 0.259 e. The van der Waals surface area contributed by atoms with Crippen LogP contribution in [0.4, 0.5) is 17.1 Å². The molecule has 3 aromatic rings. The van der Waals surface area contributed by atoms with E-state index in [0.29, 0.717) is 42.1 Å². The van der Waals surface area contributed by atoms with Gasteiger partial charge in [-0.25, -0.2) is 0 Å². The molecule has 3 aromatic carbocycles. The van der Waals surface area contributed by atoms with E-state index in [1.807, 2.05) is 36.4 Å². The Kier molecular flexibility index (Phi) is 6.98. The monoisotopic (exact) mass is 481 g/mol. The number of carbonyl (C=O) groups is 3. The summed E-state index contributed by atoms with van der Waals surface area (Å²) in [6.45, 7) is 0.800. The van der Waals surface area contributed by atoms with Gasteiger partial charge in [-0.2, -0.15) is 0 Å². The van der Waals surface area contributed by atoms with E-state index in [4.69, 9.17) is 16.3 Å². The number of ether oxygens (including phenoxy) is 1. The summed E-state index contributed by atoms with van der Waals surface area (Å²) in [6.07, 6.45) is 0.521. The first kappa shape index (κ1) is 22.8. The number of halogens is 1. The molecule has 0 aromatic heterocycles. The minimum absolute atomic E-state index is 0.0932. The molecule has 0 bridgehead atoms. The first-order chi connectivity index (χ1) is 16.0. The van der Waals surface area contributed by atoms with Crippen LogP contribution in [0.15, 0.2) is 70.5 Å². The minimum atomic E-state index is -0.346.